The first-order valence-corrected chi connectivity index (χ1v) is 9.93. The third-order valence-corrected chi connectivity index (χ3v) is 6.20. The summed E-state index contributed by atoms with van der Waals surface area (Å²) < 4.78 is 60.8. The summed E-state index contributed by atoms with van der Waals surface area (Å²) in [6.45, 7) is 2.46. The number of hydrogen-bond acceptors (Lipinski definition) is 4. The molecule has 28 heavy (non-hydrogen) atoms. The average Bonchev–Trinajstić information content (AvgIpc) is 2.66. The van der Waals surface area contributed by atoms with Gasteiger partial charge in [-0.1, -0.05) is 17.7 Å². The number of ether oxygens (including phenoxy) is 1. The molecule has 1 unspecified atom stereocenters. The molecular formula is C18H19ClF3N3O2S. The van der Waals surface area contributed by atoms with Gasteiger partial charge in [0.2, 0.25) is 0 Å². The number of nitrogens with one attached hydrogen (secondary N) is 1. The SMILES string of the molecule is COc1ccc(-c2c(Cl)cc(N)cc2C(F)(F)F)cc1S(=O)N1CCNCC1. The van der Waals surface area contributed by atoms with Crippen molar-refractivity contribution >= 4 is 28.3 Å². The van der Waals surface area contributed by atoms with E-state index in [1.807, 2.05) is 0 Å². The molecule has 1 aliphatic heterocycles. The summed E-state index contributed by atoms with van der Waals surface area (Å²) in [7, 11) is -0.163. The highest BCUT2D eigenvalue weighted by molar-refractivity contribution is 7.82. The number of alkyl halides is 3. The summed E-state index contributed by atoms with van der Waals surface area (Å²) in [5.74, 6) is 0.334. The number of rotatable bonds is 4. The van der Waals surface area contributed by atoms with Crippen molar-refractivity contribution in [3.05, 3.63) is 40.9 Å². The molecule has 1 heterocycles. The lowest BCUT2D eigenvalue weighted by Crippen LogP contribution is -2.44. The Kier molecular flexibility index (Phi) is 6.18. The lowest BCUT2D eigenvalue weighted by molar-refractivity contribution is -0.137. The van der Waals surface area contributed by atoms with Gasteiger partial charge in [0, 0.05) is 37.4 Å². The topological polar surface area (TPSA) is 67.6 Å². The molecule has 0 aliphatic carbocycles. The maximum absolute atomic E-state index is 13.6. The van der Waals surface area contributed by atoms with Crippen LogP contribution in [0, 0.1) is 0 Å². The van der Waals surface area contributed by atoms with Gasteiger partial charge >= 0.3 is 6.18 Å². The fourth-order valence-electron chi connectivity index (χ4n) is 3.06. The van der Waals surface area contributed by atoms with Crippen molar-refractivity contribution in [3.8, 4) is 16.9 Å². The maximum Gasteiger partial charge on any atom is 0.417 e. The van der Waals surface area contributed by atoms with Crippen LogP contribution >= 0.6 is 11.6 Å². The Balaban J connectivity index is 2.13. The van der Waals surface area contributed by atoms with Crippen LogP contribution in [-0.2, 0) is 17.2 Å². The van der Waals surface area contributed by atoms with Crippen LogP contribution in [0.3, 0.4) is 0 Å². The molecule has 3 rings (SSSR count). The number of nitrogens with zero attached hydrogens (tertiary/aromatic N) is 1. The van der Waals surface area contributed by atoms with E-state index in [2.05, 4.69) is 5.32 Å². The number of methoxy groups -OCH3 is 1. The fourth-order valence-corrected chi connectivity index (χ4v) is 4.74. The first kappa shape index (κ1) is 20.9. The van der Waals surface area contributed by atoms with Crippen molar-refractivity contribution in [2.24, 2.45) is 0 Å². The molecule has 0 bridgehead atoms. The zero-order valence-electron chi connectivity index (χ0n) is 15.0. The van der Waals surface area contributed by atoms with Crippen molar-refractivity contribution < 1.29 is 22.1 Å². The van der Waals surface area contributed by atoms with E-state index in [4.69, 9.17) is 22.1 Å². The van der Waals surface area contributed by atoms with E-state index >= 15 is 0 Å². The Morgan fingerprint density at radius 3 is 2.50 bits per heavy atom. The third kappa shape index (κ3) is 4.27. The van der Waals surface area contributed by atoms with E-state index in [0.29, 0.717) is 36.8 Å². The Labute approximate surface area is 168 Å². The third-order valence-electron chi connectivity index (χ3n) is 4.37. The van der Waals surface area contributed by atoms with Gasteiger partial charge in [-0.05, 0) is 29.8 Å². The van der Waals surface area contributed by atoms with Gasteiger partial charge in [0.05, 0.1) is 22.6 Å². The lowest BCUT2D eigenvalue weighted by Gasteiger charge is -2.26. The first-order chi connectivity index (χ1) is 13.2. The first-order valence-electron chi connectivity index (χ1n) is 8.44. The van der Waals surface area contributed by atoms with Crippen LogP contribution in [0.25, 0.3) is 11.1 Å². The second-order valence-electron chi connectivity index (χ2n) is 6.22. The molecule has 1 atom stereocenters. The van der Waals surface area contributed by atoms with Crippen molar-refractivity contribution in [2.45, 2.75) is 11.1 Å². The second-order valence-corrected chi connectivity index (χ2v) is 8.08. The number of anilines is 1. The number of nitrogen functional groups attached to an aromatic ring is 1. The molecule has 5 nitrogen and oxygen atoms in total. The molecule has 0 spiro atoms. The zero-order valence-corrected chi connectivity index (χ0v) is 16.5. The molecule has 3 N–H and O–H groups in total. The van der Waals surface area contributed by atoms with Gasteiger partial charge in [-0.2, -0.15) is 13.2 Å². The van der Waals surface area contributed by atoms with Gasteiger partial charge < -0.3 is 15.8 Å². The van der Waals surface area contributed by atoms with Gasteiger partial charge in [-0.25, -0.2) is 8.51 Å². The molecule has 1 aliphatic rings. The number of nitrogens with two attached hydrogens (primary N) is 1. The van der Waals surface area contributed by atoms with Gasteiger partial charge in [0.1, 0.15) is 16.7 Å². The highest BCUT2D eigenvalue weighted by Crippen LogP contribution is 2.43. The van der Waals surface area contributed by atoms with E-state index in [1.54, 1.807) is 4.31 Å². The minimum Gasteiger partial charge on any atom is -0.495 e. The van der Waals surface area contributed by atoms with Crippen LogP contribution in [0.4, 0.5) is 18.9 Å². The standard InChI is InChI=1S/C18H19ClF3N3O2S/c1-27-15-3-2-11(8-16(15)28(26)25-6-4-24-5-7-25)17-13(18(20,21)22)9-12(23)10-14(17)19/h2-3,8-10,24H,4-7,23H2,1H3. The van der Waals surface area contributed by atoms with Crippen molar-refractivity contribution in [3.63, 3.8) is 0 Å². The van der Waals surface area contributed by atoms with Crippen molar-refractivity contribution in [1.29, 1.82) is 0 Å². The molecule has 0 saturated carbocycles. The lowest BCUT2D eigenvalue weighted by atomic mass is 9.98. The molecule has 1 saturated heterocycles. The maximum atomic E-state index is 13.6. The van der Waals surface area contributed by atoms with Gasteiger partial charge in [-0.3, -0.25) is 0 Å². The molecule has 152 valence electrons. The predicted octanol–water partition coefficient (Wildman–Crippen LogP) is 3.54. The van der Waals surface area contributed by atoms with Crippen molar-refractivity contribution in [2.75, 3.05) is 39.0 Å². The molecule has 10 heteroatoms. The fraction of sp³-hybridized carbons (Fsp3) is 0.333. The van der Waals surface area contributed by atoms with Gasteiger partial charge in [0.15, 0.2) is 0 Å². The Morgan fingerprint density at radius 1 is 1.21 bits per heavy atom. The summed E-state index contributed by atoms with van der Waals surface area (Å²) in [6.07, 6.45) is -4.65. The number of halogens is 4. The van der Waals surface area contributed by atoms with Crippen LogP contribution in [-0.4, -0.2) is 41.8 Å². The largest absolute Gasteiger partial charge is 0.495 e. The number of piperazine rings is 1. The molecular weight excluding hydrogens is 415 g/mol. The van der Waals surface area contributed by atoms with Gasteiger partial charge in [-0.15, -0.1) is 0 Å². The van der Waals surface area contributed by atoms with Crippen LogP contribution in [0.1, 0.15) is 5.56 Å². The molecule has 1 fully saturated rings. The van der Waals surface area contributed by atoms with E-state index in [-0.39, 0.29) is 21.8 Å². The Hall–Kier alpha value is -1.81. The average molecular weight is 434 g/mol. The molecule has 0 radical (unpaired) electrons. The van der Waals surface area contributed by atoms with Crippen LogP contribution in [0.15, 0.2) is 35.2 Å². The minimum absolute atomic E-state index is 0.0841. The van der Waals surface area contributed by atoms with Crippen LogP contribution < -0.4 is 15.8 Å². The summed E-state index contributed by atoms with van der Waals surface area (Å²) in [6, 6.07) is 6.51. The van der Waals surface area contributed by atoms with E-state index in [0.717, 1.165) is 6.07 Å². The molecule has 2 aromatic rings. The normalized spacial score (nSPS) is 16.8. The summed E-state index contributed by atoms with van der Waals surface area (Å²) in [4.78, 5) is 0.294. The Bertz CT molecular complexity index is 902. The number of benzene rings is 2. The number of hydrogen-bond donors (Lipinski definition) is 2. The quantitative estimate of drug-likeness (QED) is 0.724. The highest BCUT2D eigenvalue weighted by Gasteiger charge is 2.35. The summed E-state index contributed by atoms with van der Waals surface area (Å²) in [5, 5.41) is 3.03. The molecule has 0 aromatic heterocycles. The highest BCUT2D eigenvalue weighted by atomic mass is 35.5. The summed E-state index contributed by atoms with van der Waals surface area (Å²) in [5.41, 5.74) is 4.52. The van der Waals surface area contributed by atoms with Gasteiger partial charge in [0.25, 0.3) is 0 Å². The van der Waals surface area contributed by atoms with E-state index < -0.39 is 22.7 Å². The smallest absolute Gasteiger partial charge is 0.417 e. The van der Waals surface area contributed by atoms with Crippen LogP contribution in [0.2, 0.25) is 5.02 Å². The Morgan fingerprint density at radius 2 is 1.89 bits per heavy atom. The van der Waals surface area contributed by atoms with Crippen molar-refractivity contribution in [1.82, 2.24) is 9.62 Å². The van der Waals surface area contributed by atoms with E-state index in [1.165, 1.54) is 31.4 Å². The van der Waals surface area contributed by atoms with E-state index in [9.17, 15) is 17.4 Å². The molecule has 0 amide bonds. The minimum atomic E-state index is -4.65. The monoisotopic (exact) mass is 433 g/mol. The predicted molar refractivity (Wildman–Crippen MR) is 104 cm³/mol. The van der Waals surface area contributed by atoms with Crippen LogP contribution in [0.5, 0.6) is 5.75 Å². The summed E-state index contributed by atoms with van der Waals surface area (Å²) >= 11 is 6.12. The second kappa shape index (κ2) is 8.28. The zero-order chi connectivity index (χ0) is 20.5. The molecule has 2 aromatic carbocycles.